The molecule has 0 spiro atoms. The molecule has 3 rings (SSSR count). The predicted octanol–water partition coefficient (Wildman–Crippen LogP) is 2.28. The summed E-state index contributed by atoms with van der Waals surface area (Å²) in [7, 11) is 0. The molecule has 0 amide bonds. The Morgan fingerprint density at radius 2 is 1.89 bits per heavy atom. The van der Waals surface area contributed by atoms with E-state index in [1.807, 2.05) is 0 Å². The summed E-state index contributed by atoms with van der Waals surface area (Å²) in [6.45, 7) is 1.58. The maximum Gasteiger partial charge on any atom is 0.204 e. The lowest BCUT2D eigenvalue weighted by atomic mass is 9.88. The number of phenolic OH excluding ortho intramolecular Hbond substituents is 1. The van der Waals surface area contributed by atoms with Crippen molar-refractivity contribution in [1.29, 1.82) is 0 Å². The normalized spacial score (nSPS) is 15.1. The molecule has 0 saturated heterocycles. The summed E-state index contributed by atoms with van der Waals surface area (Å²) in [5.41, 5.74) is 0.534. The lowest BCUT2D eigenvalue weighted by Gasteiger charge is -2.14. The fourth-order valence-electron chi connectivity index (χ4n) is 2.18. The van der Waals surface area contributed by atoms with Gasteiger partial charge in [0.05, 0.1) is 16.5 Å². The summed E-state index contributed by atoms with van der Waals surface area (Å²) in [4.78, 5) is 25.5. The summed E-state index contributed by atoms with van der Waals surface area (Å²) < 4.78 is 0. The van der Waals surface area contributed by atoms with Crippen molar-refractivity contribution in [2.24, 2.45) is 0 Å². The highest BCUT2D eigenvalue weighted by Crippen LogP contribution is 2.38. The van der Waals surface area contributed by atoms with Crippen LogP contribution in [0.3, 0.4) is 0 Å². The molecule has 1 aromatic heterocycles. The van der Waals surface area contributed by atoms with Crippen LogP contribution >= 0.6 is 11.3 Å². The first-order chi connectivity index (χ1) is 9.00. The molecule has 0 fully saturated rings. The van der Waals surface area contributed by atoms with Crippen LogP contribution in [0.2, 0.25) is 0 Å². The average Bonchev–Trinajstić information content (AvgIpc) is 2.81. The van der Waals surface area contributed by atoms with Crippen LogP contribution in [0.4, 0.5) is 0 Å². The van der Waals surface area contributed by atoms with E-state index in [2.05, 4.69) is 0 Å². The highest BCUT2D eigenvalue weighted by Gasteiger charge is 2.34. The summed E-state index contributed by atoms with van der Waals surface area (Å²) in [6, 6.07) is 5.98. The van der Waals surface area contributed by atoms with Crippen molar-refractivity contribution in [2.45, 2.75) is 13.0 Å². The molecule has 5 heteroatoms. The number of phenols is 1. The van der Waals surface area contributed by atoms with Gasteiger partial charge in [0.2, 0.25) is 5.78 Å². The lowest BCUT2D eigenvalue weighted by molar-refractivity contribution is 0.0980. The van der Waals surface area contributed by atoms with Crippen LogP contribution in [0.1, 0.15) is 49.1 Å². The number of rotatable bonds is 1. The highest BCUT2D eigenvalue weighted by molar-refractivity contribution is 7.14. The van der Waals surface area contributed by atoms with Gasteiger partial charge in [0, 0.05) is 16.0 Å². The van der Waals surface area contributed by atoms with E-state index < -0.39 is 6.10 Å². The van der Waals surface area contributed by atoms with Gasteiger partial charge in [-0.2, -0.15) is 0 Å². The van der Waals surface area contributed by atoms with Crippen LogP contribution in [0.15, 0.2) is 24.3 Å². The fraction of sp³-hybridized carbons (Fsp3) is 0.143. The zero-order valence-electron chi connectivity index (χ0n) is 10.0. The molecule has 96 valence electrons. The highest BCUT2D eigenvalue weighted by atomic mass is 32.1. The second-order valence-corrected chi connectivity index (χ2v) is 5.51. The zero-order chi connectivity index (χ0) is 13.7. The van der Waals surface area contributed by atoms with Gasteiger partial charge in [-0.25, -0.2) is 0 Å². The maximum atomic E-state index is 12.3. The van der Waals surface area contributed by atoms with Crippen molar-refractivity contribution in [1.82, 2.24) is 0 Å². The Labute approximate surface area is 112 Å². The van der Waals surface area contributed by atoms with Crippen LogP contribution in [0.25, 0.3) is 0 Å². The Hall–Kier alpha value is -1.98. The second-order valence-electron chi connectivity index (χ2n) is 4.43. The van der Waals surface area contributed by atoms with E-state index >= 15 is 0 Å². The molecule has 2 N–H and O–H groups in total. The first kappa shape index (κ1) is 12.1. The van der Waals surface area contributed by atoms with Crippen molar-refractivity contribution in [2.75, 3.05) is 0 Å². The van der Waals surface area contributed by atoms with Gasteiger partial charge in [-0.3, -0.25) is 9.59 Å². The largest absolute Gasteiger partial charge is 0.507 e. The number of aromatic hydroxyl groups is 1. The molecule has 0 aliphatic heterocycles. The number of benzene rings is 1. The molecule has 1 aliphatic carbocycles. The molecule has 0 saturated carbocycles. The van der Waals surface area contributed by atoms with Crippen molar-refractivity contribution >= 4 is 22.9 Å². The molecule has 19 heavy (non-hydrogen) atoms. The number of hydrogen-bond donors (Lipinski definition) is 2. The van der Waals surface area contributed by atoms with Crippen LogP contribution in [-0.4, -0.2) is 21.8 Å². The predicted molar refractivity (Wildman–Crippen MR) is 69.9 cm³/mol. The maximum absolute atomic E-state index is 12.3. The molecular formula is C14H10O4S. The number of aliphatic hydroxyl groups excluding tert-OH is 1. The Kier molecular flexibility index (Phi) is 2.55. The van der Waals surface area contributed by atoms with E-state index in [4.69, 9.17) is 0 Å². The molecule has 1 heterocycles. The zero-order valence-corrected chi connectivity index (χ0v) is 10.8. The number of aliphatic hydroxyl groups is 1. The SMILES string of the molecule is CC(O)c1cc2c(s1)C(=O)c1cccc(O)c1C2=O. The summed E-state index contributed by atoms with van der Waals surface area (Å²) >= 11 is 1.12. The van der Waals surface area contributed by atoms with Crippen molar-refractivity contribution in [3.05, 3.63) is 50.7 Å². The van der Waals surface area contributed by atoms with Gasteiger partial charge in [-0.05, 0) is 25.1 Å². The standard InChI is InChI=1S/C14H10O4S/c1-6(15)10-5-8-12(17)11-7(3-2-4-9(11)16)13(18)14(8)19-10/h2-6,15-16H,1H3. The second kappa shape index (κ2) is 4.01. The summed E-state index contributed by atoms with van der Waals surface area (Å²) in [5.74, 6) is -0.838. The number of carbonyl (C=O) groups is 2. The number of thiophene rings is 1. The van der Waals surface area contributed by atoms with E-state index in [9.17, 15) is 19.8 Å². The molecule has 4 nitrogen and oxygen atoms in total. The van der Waals surface area contributed by atoms with Gasteiger partial charge < -0.3 is 10.2 Å². The van der Waals surface area contributed by atoms with E-state index in [1.54, 1.807) is 6.92 Å². The third kappa shape index (κ3) is 1.63. The van der Waals surface area contributed by atoms with Gasteiger partial charge in [0.15, 0.2) is 5.78 Å². The molecule has 0 bridgehead atoms. The Balaban J connectivity index is 2.27. The quantitative estimate of drug-likeness (QED) is 0.714. The van der Waals surface area contributed by atoms with Crippen LogP contribution in [-0.2, 0) is 0 Å². The smallest absolute Gasteiger partial charge is 0.204 e. The Morgan fingerprint density at radius 1 is 1.16 bits per heavy atom. The minimum atomic E-state index is -0.729. The Morgan fingerprint density at radius 3 is 2.58 bits per heavy atom. The average molecular weight is 274 g/mol. The molecule has 1 atom stereocenters. The number of hydrogen-bond acceptors (Lipinski definition) is 5. The van der Waals surface area contributed by atoms with E-state index in [-0.39, 0.29) is 34.0 Å². The van der Waals surface area contributed by atoms with Gasteiger partial charge in [0.1, 0.15) is 5.75 Å². The van der Waals surface area contributed by atoms with Gasteiger partial charge >= 0.3 is 0 Å². The van der Waals surface area contributed by atoms with E-state index in [1.165, 1.54) is 24.3 Å². The summed E-state index contributed by atoms with van der Waals surface area (Å²) in [5, 5.41) is 19.3. The molecule has 1 aliphatic rings. The van der Waals surface area contributed by atoms with E-state index in [0.717, 1.165) is 11.3 Å². The molecule has 2 aromatic rings. The first-order valence-corrected chi connectivity index (χ1v) is 6.55. The number of carbonyl (C=O) groups excluding carboxylic acids is 2. The third-order valence-electron chi connectivity index (χ3n) is 3.13. The first-order valence-electron chi connectivity index (χ1n) is 5.74. The monoisotopic (exact) mass is 274 g/mol. The molecule has 1 aromatic carbocycles. The van der Waals surface area contributed by atoms with Crippen molar-refractivity contribution in [3.8, 4) is 5.75 Å². The molecular weight excluding hydrogens is 264 g/mol. The minimum Gasteiger partial charge on any atom is -0.507 e. The summed E-state index contributed by atoms with van der Waals surface area (Å²) in [6.07, 6.45) is -0.729. The fourth-order valence-corrected chi connectivity index (χ4v) is 3.23. The minimum absolute atomic E-state index is 0.0509. The van der Waals surface area contributed by atoms with Gasteiger partial charge in [-0.1, -0.05) is 6.07 Å². The lowest BCUT2D eigenvalue weighted by Crippen LogP contribution is -2.18. The van der Waals surface area contributed by atoms with Gasteiger partial charge in [-0.15, -0.1) is 11.3 Å². The van der Waals surface area contributed by atoms with E-state index in [0.29, 0.717) is 9.75 Å². The number of fused-ring (bicyclic) bond motifs is 2. The van der Waals surface area contributed by atoms with Gasteiger partial charge in [0.25, 0.3) is 0 Å². The van der Waals surface area contributed by atoms with Crippen LogP contribution < -0.4 is 0 Å². The third-order valence-corrected chi connectivity index (χ3v) is 4.43. The topological polar surface area (TPSA) is 74.6 Å². The molecule has 1 unspecified atom stereocenters. The number of ketones is 2. The molecule has 0 radical (unpaired) electrons. The Bertz CT molecular complexity index is 712. The van der Waals surface area contributed by atoms with Crippen LogP contribution in [0.5, 0.6) is 5.75 Å². The van der Waals surface area contributed by atoms with Crippen molar-refractivity contribution < 1.29 is 19.8 Å². The van der Waals surface area contributed by atoms with Crippen molar-refractivity contribution in [3.63, 3.8) is 0 Å². The van der Waals surface area contributed by atoms with Crippen LogP contribution in [0, 0.1) is 0 Å².